The topological polar surface area (TPSA) is 24.9 Å². The van der Waals surface area contributed by atoms with Crippen molar-refractivity contribution in [2.45, 2.75) is 117 Å². The third-order valence-electron chi connectivity index (χ3n) is 6.48. The van der Waals surface area contributed by atoms with E-state index in [0.29, 0.717) is 0 Å². The molecule has 0 saturated heterocycles. The molecule has 6 heteroatoms. The first-order valence-electron chi connectivity index (χ1n) is 14.4. The number of thiol groups is 1. The van der Waals surface area contributed by atoms with Gasteiger partial charge in [-0.1, -0.05) is 73.1 Å². The maximum absolute atomic E-state index is 6.79. The molecule has 0 aliphatic heterocycles. The fourth-order valence-electron chi connectivity index (χ4n) is 4.17. The number of rotatable bonds is 26. The van der Waals surface area contributed by atoms with Gasteiger partial charge in [-0.15, -0.1) is 0 Å². The Morgan fingerprint density at radius 1 is 0.515 bits per heavy atom. The Balaban J connectivity index is 5.01. The van der Waals surface area contributed by atoms with Gasteiger partial charge in [-0.2, -0.15) is 12.6 Å². The maximum atomic E-state index is 6.79. The summed E-state index contributed by atoms with van der Waals surface area (Å²) in [7, 11) is -2.20. The molecule has 0 amide bonds. The molecule has 4 nitrogen and oxygen atoms in total. The third-order valence-corrected chi connectivity index (χ3v) is 10.5. The number of hydrogen-bond donors (Lipinski definition) is 1. The van der Waals surface area contributed by atoms with Crippen molar-refractivity contribution in [3.05, 3.63) is 0 Å². The van der Waals surface area contributed by atoms with Crippen LogP contribution in [0.2, 0.25) is 12.1 Å². The molecule has 0 aliphatic carbocycles. The molecule has 0 aromatic rings. The summed E-state index contributed by atoms with van der Waals surface area (Å²) in [5.74, 6) is 0.922. The number of unbranched alkanes of at least 4 members (excludes halogenated alkanes) is 5. The average molecular weight is 505 g/mol. The zero-order valence-corrected chi connectivity index (χ0v) is 25.1. The standard InChI is InChI=1S/C27H60N2O2SSi/c1-6-11-17-28(18-12-7-2)21-23-30-33(26-15-10-5,27-16-25-32)31-24-22-29(19-13-8-3)20-14-9-4/h32H,6-27H2,1-5H3. The van der Waals surface area contributed by atoms with Crippen LogP contribution in [0.25, 0.3) is 0 Å². The van der Waals surface area contributed by atoms with Gasteiger partial charge in [0.2, 0.25) is 0 Å². The third kappa shape index (κ3) is 18.4. The first-order chi connectivity index (χ1) is 16.1. The van der Waals surface area contributed by atoms with E-state index in [1.165, 1.54) is 90.4 Å². The van der Waals surface area contributed by atoms with E-state index in [2.05, 4.69) is 57.0 Å². The molecule has 0 aliphatic rings. The van der Waals surface area contributed by atoms with E-state index in [1.54, 1.807) is 0 Å². The van der Waals surface area contributed by atoms with E-state index in [9.17, 15) is 0 Å². The minimum atomic E-state index is -2.20. The lowest BCUT2D eigenvalue weighted by Gasteiger charge is -2.33. The van der Waals surface area contributed by atoms with E-state index < -0.39 is 8.56 Å². The van der Waals surface area contributed by atoms with Gasteiger partial charge in [0, 0.05) is 26.3 Å². The average Bonchev–Trinajstić information content (AvgIpc) is 2.83. The van der Waals surface area contributed by atoms with Crippen LogP contribution in [-0.4, -0.2) is 76.6 Å². The molecule has 200 valence electrons. The van der Waals surface area contributed by atoms with Gasteiger partial charge in [0.05, 0.1) is 0 Å². The predicted octanol–water partition coefficient (Wildman–Crippen LogP) is 7.39. The molecule has 0 fully saturated rings. The normalized spacial score (nSPS) is 12.4. The van der Waals surface area contributed by atoms with Crippen LogP contribution >= 0.6 is 12.6 Å². The molecule has 0 N–H and O–H groups in total. The van der Waals surface area contributed by atoms with Gasteiger partial charge >= 0.3 is 8.56 Å². The lowest BCUT2D eigenvalue weighted by molar-refractivity contribution is 0.123. The molecule has 0 heterocycles. The van der Waals surface area contributed by atoms with Crippen LogP contribution in [-0.2, 0) is 8.85 Å². The van der Waals surface area contributed by atoms with Crippen LogP contribution in [0.15, 0.2) is 0 Å². The largest absolute Gasteiger partial charge is 0.393 e. The highest BCUT2D eigenvalue weighted by atomic mass is 32.1. The Hall–Kier alpha value is 0.407. The van der Waals surface area contributed by atoms with Crippen molar-refractivity contribution in [2.75, 3.05) is 58.2 Å². The summed E-state index contributed by atoms with van der Waals surface area (Å²) in [6, 6.07) is 2.22. The summed E-state index contributed by atoms with van der Waals surface area (Å²) in [5.41, 5.74) is 0. The molecular formula is C27H60N2O2SSi. The molecule has 0 bridgehead atoms. The van der Waals surface area contributed by atoms with Crippen LogP contribution in [0.5, 0.6) is 0 Å². The van der Waals surface area contributed by atoms with Crippen LogP contribution in [0.4, 0.5) is 0 Å². The molecule has 0 aromatic heterocycles. The van der Waals surface area contributed by atoms with E-state index >= 15 is 0 Å². The quantitative estimate of drug-likeness (QED) is 0.0980. The summed E-state index contributed by atoms with van der Waals surface area (Å²) in [4.78, 5) is 5.23. The van der Waals surface area contributed by atoms with Crippen molar-refractivity contribution < 1.29 is 8.85 Å². The maximum Gasteiger partial charge on any atom is 0.338 e. The zero-order valence-electron chi connectivity index (χ0n) is 23.2. The Kier molecular flexibility index (Phi) is 24.4. The van der Waals surface area contributed by atoms with Gasteiger partial charge in [0.25, 0.3) is 0 Å². The molecule has 0 rings (SSSR count). The second-order valence-corrected chi connectivity index (χ2v) is 13.5. The highest BCUT2D eigenvalue weighted by molar-refractivity contribution is 7.80. The van der Waals surface area contributed by atoms with Crippen molar-refractivity contribution in [1.29, 1.82) is 0 Å². The smallest absolute Gasteiger partial charge is 0.338 e. The first-order valence-corrected chi connectivity index (χ1v) is 17.3. The number of hydrogen-bond acceptors (Lipinski definition) is 5. The minimum absolute atomic E-state index is 0.825. The Bertz CT molecular complexity index is 352. The SMILES string of the molecule is CCCCN(CCCC)CCO[Si](CCCC)(CCCS)OCCN(CCCC)CCCC. The van der Waals surface area contributed by atoms with Crippen molar-refractivity contribution in [3.63, 3.8) is 0 Å². The molecule has 33 heavy (non-hydrogen) atoms. The van der Waals surface area contributed by atoms with Crippen molar-refractivity contribution in [2.24, 2.45) is 0 Å². The molecule has 0 atom stereocenters. The molecule has 0 saturated carbocycles. The highest BCUT2D eigenvalue weighted by Gasteiger charge is 2.36. The van der Waals surface area contributed by atoms with Gasteiger partial charge in [-0.05, 0) is 76.1 Å². The second kappa shape index (κ2) is 24.1. The van der Waals surface area contributed by atoms with Crippen LogP contribution in [0.3, 0.4) is 0 Å². The van der Waals surface area contributed by atoms with Gasteiger partial charge in [-0.25, -0.2) is 0 Å². The predicted molar refractivity (Wildman–Crippen MR) is 153 cm³/mol. The summed E-state index contributed by atoms with van der Waals surface area (Å²) in [6.07, 6.45) is 13.7. The van der Waals surface area contributed by atoms with Crippen molar-refractivity contribution in [1.82, 2.24) is 9.80 Å². The van der Waals surface area contributed by atoms with Gasteiger partial charge < -0.3 is 18.7 Å². The van der Waals surface area contributed by atoms with Crippen molar-refractivity contribution >= 4 is 21.2 Å². The van der Waals surface area contributed by atoms with E-state index in [4.69, 9.17) is 8.85 Å². The Morgan fingerprint density at radius 2 is 0.879 bits per heavy atom. The van der Waals surface area contributed by atoms with Gasteiger partial charge in [-0.3, -0.25) is 0 Å². The molecule has 0 aromatic carbocycles. The monoisotopic (exact) mass is 504 g/mol. The number of nitrogens with zero attached hydrogens (tertiary/aromatic N) is 2. The van der Waals surface area contributed by atoms with E-state index in [-0.39, 0.29) is 0 Å². The molecule has 0 spiro atoms. The highest BCUT2D eigenvalue weighted by Crippen LogP contribution is 2.25. The van der Waals surface area contributed by atoms with E-state index in [1.807, 2.05) is 0 Å². The lowest BCUT2D eigenvalue weighted by Crippen LogP contribution is -2.46. The summed E-state index contributed by atoms with van der Waals surface area (Å²) in [5, 5.41) is 0. The van der Waals surface area contributed by atoms with E-state index in [0.717, 1.165) is 50.6 Å². The van der Waals surface area contributed by atoms with Crippen LogP contribution in [0.1, 0.15) is 105 Å². The second-order valence-electron chi connectivity index (χ2n) is 9.64. The fraction of sp³-hybridized carbons (Fsp3) is 1.00. The Labute approximate surface area is 215 Å². The lowest BCUT2D eigenvalue weighted by atomic mass is 10.2. The van der Waals surface area contributed by atoms with Crippen LogP contribution < -0.4 is 0 Å². The fourth-order valence-corrected chi connectivity index (χ4v) is 8.07. The first kappa shape index (κ1) is 33.4. The summed E-state index contributed by atoms with van der Waals surface area (Å²) in [6.45, 7) is 20.0. The molecule has 0 unspecified atom stereocenters. The van der Waals surface area contributed by atoms with Crippen molar-refractivity contribution in [3.8, 4) is 0 Å². The molecule has 0 radical (unpaired) electrons. The van der Waals surface area contributed by atoms with Gasteiger partial charge in [0.15, 0.2) is 0 Å². The zero-order chi connectivity index (χ0) is 24.6. The Morgan fingerprint density at radius 3 is 1.21 bits per heavy atom. The van der Waals surface area contributed by atoms with Crippen LogP contribution in [0, 0.1) is 0 Å². The molecular weight excluding hydrogens is 444 g/mol. The van der Waals surface area contributed by atoms with Gasteiger partial charge in [0.1, 0.15) is 0 Å². The minimum Gasteiger partial charge on any atom is -0.393 e. The summed E-state index contributed by atoms with van der Waals surface area (Å²) < 4.78 is 13.6. The summed E-state index contributed by atoms with van der Waals surface area (Å²) >= 11 is 4.52.